The standard InChI is InChI=1S/C27H31N5O4/c1-3-35-26(34)20-15-27(16-20)9-11-32(12-10-27)22-8-7-21(17-28-22)29-24(33)25-31-30-23(36-25)14-19-6-4-5-18(2)13-19/h4-8,13,17,20H,3,9-12,14-16H2,1-2H3,(H,29,33). The van der Waals surface area contributed by atoms with Crippen LogP contribution >= 0.6 is 0 Å². The van der Waals surface area contributed by atoms with Crippen molar-refractivity contribution in [2.75, 3.05) is 29.9 Å². The van der Waals surface area contributed by atoms with Gasteiger partial charge in [-0.3, -0.25) is 9.59 Å². The molecule has 3 aromatic rings. The first-order valence-corrected chi connectivity index (χ1v) is 12.5. The molecule has 1 saturated carbocycles. The van der Waals surface area contributed by atoms with Gasteiger partial charge in [-0.25, -0.2) is 4.98 Å². The van der Waals surface area contributed by atoms with Gasteiger partial charge in [-0.1, -0.05) is 29.8 Å². The molecule has 1 aliphatic carbocycles. The van der Waals surface area contributed by atoms with Gasteiger partial charge in [0.15, 0.2) is 0 Å². The number of nitrogens with one attached hydrogen (secondary N) is 1. The first kappa shape index (κ1) is 24.0. The van der Waals surface area contributed by atoms with Gasteiger partial charge in [0, 0.05) is 13.1 Å². The summed E-state index contributed by atoms with van der Waals surface area (Å²) in [6.45, 7) is 6.12. The van der Waals surface area contributed by atoms with E-state index in [0.717, 1.165) is 55.7 Å². The highest BCUT2D eigenvalue weighted by Crippen LogP contribution is 2.53. The van der Waals surface area contributed by atoms with Gasteiger partial charge in [0.2, 0.25) is 5.89 Å². The fraction of sp³-hybridized carbons (Fsp3) is 0.444. The van der Waals surface area contributed by atoms with Gasteiger partial charge in [0.1, 0.15) is 5.82 Å². The van der Waals surface area contributed by atoms with Crippen LogP contribution in [0.25, 0.3) is 0 Å². The number of pyridine rings is 1. The molecule has 9 nitrogen and oxygen atoms in total. The summed E-state index contributed by atoms with van der Waals surface area (Å²) in [7, 11) is 0. The van der Waals surface area contributed by atoms with Crippen LogP contribution in [0.15, 0.2) is 47.0 Å². The van der Waals surface area contributed by atoms with Gasteiger partial charge in [0.05, 0.1) is 30.8 Å². The average molecular weight is 490 g/mol. The molecule has 0 unspecified atom stereocenters. The van der Waals surface area contributed by atoms with E-state index in [2.05, 4.69) is 25.4 Å². The summed E-state index contributed by atoms with van der Waals surface area (Å²) in [5.41, 5.74) is 3.03. The zero-order valence-corrected chi connectivity index (χ0v) is 20.7. The van der Waals surface area contributed by atoms with Crippen LogP contribution in [0.5, 0.6) is 0 Å². The second-order valence-corrected chi connectivity index (χ2v) is 9.87. The first-order valence-electron chi connectivity index (χ1n) is 12.5. The van der Waals surface area contributed by atoms with Gasteiger partial charge in [-0.2, -0.15) is 0 Å². The van der Waals surface area contributed by atoms with E-state index in [4.69, 9.17) is 9.15 Å². The zero-order valence-electron chi connectivity index (χ0n) is 20.7. The van der Waals surface area contributed by atoms with Gasteiger partial charge in [-0.15, -0.1) is 10.2 Å². The smallest absolute Gasteiger partial charge is 0.313 e. The number of benzene rings is 1. The molecular formula is C27H31N5O4. The minimum atomic E-state index is -0.464. The van der Waals surface area contributed by atoms with Crippen molar-refractivity contribution in [2.24, 2.45) is 11.3 Å². The van der Waals surface area contributed by atoms with E-state index in [1.54, 1.807) is 6.20 Å². The van der Waals surface area contributed by atoms with Crippen LogP contribution in [0.1, 0.15) is 60.3 Å². The van der Waals surface area contributed by atoms with Gasteiger partial charge < -0.3 is 19.4 Å². The highest BCUT2D eigenvalue weighted by Gasteiger charge is 2.49. The Morgan fingerprint density at radius 3 is 2.67 bits per heavy atom. The van der Waals surface area contributed by atoms with E-state index >= 15 is 0 Å². The molecule has 188 valence electrons. The Labute approximate surface area is 210 Å². The Bertz CT molecular complexity index is 1220. The topological polar surface area (TPSA) is 110 Å². The van der Waals surface area contributed by atoms with E-state index in [-0.39, 0.29) is 23.2 Å². The van der Waals surface area contributed by atoms with Crippen molar-refractivity contribution in [2.45, 2.75) is 46.0 Å². The molecule has 1 spiro atoms. The molecule has 3 heterocycles. The number of aryl methyl sites for hydroxylation is 1. The summed E-state index contributed by atoms with van der Waals surface area (Å²) in [6, 6.07) is 11.8. The van der Waals surface area contributed by atoms with E-state index in [0.29, 0.717) is 24.6 Å². The fourth-order valence-corrected chi connectivity index (χ4v) is 5.28. The largest absolute Gasteiger partial charge is 0.466 e. The third kappa shape index (κ3) is 5.24. The molecule has 1 aromatic carbocycles. The second-order valence-electron chi connectivity index (χ2n) is 9.87. The Morgan fingerprint density at radius 2 is 1.97 bits per heavy atom. The van der Waals surface area contributed by atoms with E-state index in [1.165, 1.54) is 0 Å². The van der Waals surface area contributed by atoms with Crippen molar-refractivity contribution in [3.05, 3.63) is 65.5 Å². The summed E-state index contributed by atoms with van der Waals surface area (Å²) in [6.07, 6.45) is 6.07. The minimum Gasteiger partial charge on any atom is -0.466 e. The molecule has 0 bridgehead atoms. The Hall–Kier alpha value is -3.75. The molecule has 0 atom stereocenters. The lowest BCUT2D eigenvalue weighted by atomic mass is 9.57. The number of hydrogen-bond donors (Lipinski definition) is 1. The molecule has 2 aliphatic rings. The molecule has 2 fully saturated rings. The molecule has 9 heteroatoms. The normalized spacial score (nSPS) is 17.0. The minimum absolute atomic E-state index is 0.0483. The number of rotatable bonds is 7. The third-order valence-corrected chi connectivity index (χ3v) is 7.23. The lowest BCUT2D eigenvalue weighted by Crippen LogP contribution is -2.49. The number of anilines is 2. The average Bonchev–Trinajstić information content (AvgIpc) is 3.32. The number of aromatic nitrogens is 3. The molecular weight excluding hydrogens is 458 g/mol. The van der Waals surface area contributed by atoms with E-state index in [9.17, 15) is 9.59 Å². The lowest BCUT2D eigenvalue weighted by Gasteiger charge is -2.51. The Morgan fingerprint density at radius 1 is 1.17 bits per heavy atom. The Kier molecular flexibility index (Phi) is 6.71. The number of carbonyl (C=O) groups excluding carboxylic acids is 2. The predicted octanol–water partition coefficient (Wildman–Crippen LogP) is 4.18. The van der Waals surface area contributed by atoms with Crippen LogP contribution < -0.4 is 10.2 Å². The van der Waals surface area contributed by atoms with Crippen LogP contribution in [0.3, 0.4) is 0 Å². The SMILES string of the molecule is CCOC(=O)C1CC2(CCN(c3ccc(NC(=O)c4nnc(Cc5cccc(C)c5)o4)cn3)CC2)C1. The quantitative estimate of drug-likeness (QED) is 0.492. The number of hydrogen-bond acceptors (Lipinski definition) is 8. The summed E-state index contributed by atoms with van der Waals surface area (Å²) in [5.74, 6) is 0.741. The molecule has 1 amide bonds. The van der Waals surface area contributed by atoms with Crippen LogP contribution in [0, 0.1) is 18.3 Å². The molecule has 5 rings (SSSR count). The molecule has 0 radical (unpaired) electrons. The summed E-state index contributed by atoms with van der Waals surface area (Å²) in [5, 5.41) is 10.7. The zero-order chi connectivity index (χ0) is 25.1. The number of carbonyl (C=O) groups is 2. The Balaban J connectivity index is 1.12. The lowest BCUT2D eigenvalue weighted by molar-refractivity contribution is -0.157. The van der Waals surface area contributed by atoms with Crippen LogP contribution in [0.4, 0.5) is 11.5 Å². The number of piperidine rings is 1. The molecule has 1 aliphatic heterocycles. The maximum absolute atomic E-state index is 12.6. The van der Waals surface area contributed by atoms with Gasteiger partial charge >= 0.3 is 17.8 Å². The van der Waals surface area contributed by atoms with E-state index < -0.39 is 5.91 Å². The maximum atomic E-state index is 12.6. The second kappa shape index (κ2) is 10.1. The van der Waals surface area contributed by atoms with Crippen LogP contribution in [-0.2, 0) is 16.0 Å². The molecule has 1 saturated heterocycles. The number of ether oxygens (including phenoxy) is 1. The number of esters is 1. The van der Waals surface area contributed by atoms with Crippen LogP contribution in [0.2, 0.25) is 0 Å². The van der Waals surface area contributed by atoms with Gasteiger partial charge in [-0.05, 0) is 62.6 Å². The van der Waals surface area contributed by atoms with Crippen molar-refractivity contribution in [1.29, 1.82) is 0 Å². The van der Waals surface area contributed by atoms with Crippen LogP contribution in [-0.4, -0.2) is 46.8 Å². The monoisotopic (exact) mass is 489 g/mol. The van der Waals surface area contributed by atoms with Crippen molar-refractivity contribution < 1.29 is 18.7 Å². The maximum Gasteiger partial charge on any atom is 0.313 e. The van der Waals surface area contributed by atoms with Crippen molar-refractivity contribution in [1.82, 2.24) is 15.2 Å². The molecule has 36 heavy (non-hydrogen) atoms. The predicted molar refractivity (Wildman–Crippen MR) is 134 cm³/mol. The van der Waals surface area contributed by atoms with E-state index in [1.807, 2.05) is 50.2 Å². The summed E-state index contributed by atoms with van der Waals surface area (Å²) < 4.78 is 10.7. The third-order valence-electron chi connectivity index (χ3n) is 7.23. The molecule has 1 N–H and O–H groups in total. The van der Waals surface area contributed by atoms with Gasteiger partial charge in [0.25, 0.3) is 0 Å². The van der Waals surface area contributed by atoms with Crippen molar-refractivity contribution in [3.8, 4) is 0 Å². The number of amides is 1. The van der Waals surface area contributed by atoms with Crippen molar-refractivity contribution >= 4 is 23.4 Å². The summed E-state index contributed by atoms with van der Waals surface area (Å²) >= 11 is 0. The highest BCUT2D eigenvalue weighted by atomic mass is 16.5. The number of nitrogens with zero attached hydrogens (tertiary/aromatic N) is 4. The first-order chi connectivity index (χ1) is 17.4. The molecule has 2 aromatic heterocycles. The highest BCUT2D eigenvalue weighted by molar-refractivity contribution is 6.00. The summed E-state index contributed by atoms with van der Waals surface area (Å²) in [4.78, 5) is 31.3. The van der Waals surface area contributed by atoms with Crippen molar-refractivity contribution in [3.63, 3.8) is 0 Å². The fourth-order valence-electron chi connectivity index (χ4n) is 5.28.